The van der Waals surface area contributed by atoms with Crippen molar-refractivity contribution in [3.8, 4) is 0 Å². The van der Waals surface area contributed by atoms with Crippen LogP contribution in [0.5, 0.6) is 0 Å². The quantitative estimate of drug-likeness (QED) is 0.818. The summed E-state index contributed by atoms with van der Waals surface area (Å²) in [5.41, 5.74) is 1.20. The minimum atomic E-state index is -0.245. The molecule has 5 heteroatoms. The van der Waals surface area contributed by atoms with Crippen molar-refractivity contribution in [2.75, 3.05) is 26.2 Å². The van der Waals surface area contributed by atoms with E-state index in [9.17, 15) is 9.59 Å². The first-order chi connectivity index (χ1) is 11.2. The van der Waals surface area contributed by atoms with Crippen LogP contribution in [0.4, 0.5) is 0 Å². The Kier molecular flexibility index (Phi) is 4.96. The fourth-order valence-corrected chi connectivity index (χ4v) is 3.26. The van der Waals surface area contributed by atoms with Gasteiger partial charge in [0.1, 0.15) is 0 Å². The monoisotopic (exact) mass is 316 g/mol. The van der Waals surface area contributed by atoms with Gasteiger partial charge in [-0.3, -0.25) is 9.59 Å². The molecule has 2 fully saturated rings. The van der Waals surface area contributed by atoms with Crippen molar-refractivity contribution in [1.29, 1.82) is 0 Å². The molecule has 2 amide bonds. The Bertz CT molecular complexity index is 557. The van der Waals surface area contributed by atoms with E-state index in [1.165, 1.54) is 5.56 Å². The number of hydrogen-bond donors (Lipinski definition) is 1. The lowest BCUT2D eigenvalue weighted by Gasteiger charge is -2.24. The molecule has 1 N–H and O–H groups in total. The van der Waals surface area contributed by atoms with Gasteiger partial charge >= 0.3 is 0 Å². The molecular formula is C18H24N2O3. The summed E-state index contributed by atoms with van der Waals surface area (Å²) in [6, 6.07) is 10.4. The molecule has 23 heavy (non-hydrogen) atoms. The number of carbonyl (C=O) groups is 2. The third kappa shape index (κ3) is 3.91. The predicted molar refractivity (Wildman–Crippen MR) is 86.7 cm³/mol. The van der Waals surface area contributed by atoms with Gasteiger partial charge in [-0.2, -0.15) is 0 Å². The van der Waals surface area contributed by atoms with Crippen LogP contribution in [0.3, 0.4) is 0 Å². The van der Waals surface area contributed by atoms with Crippen LogP contribution in [0.15, 0.2) is 30.3 Å². The summed E-state index contributed by atoms with van der Waals surface area (Å²) in [6.45, 7) is 1.55. The molecule has 5 nitrogen and oxygen atoms in total. The van der Waals surface area contributed by atoms with Gasteiger partial charge in [0.25, 0.3) is 0 Å². The van der Waals surface area contributed by atoms with E-state index in [0.29, 0.717) is 26.1 Å². The zero-order valence-electron chi connectivity index (χ0n) is 13.4. The standard InChI is InChI=1S/C18H24N2O3/c21-11-10-20(16-6-7-16)18(23)15-12-17(22)19(13-15)9-8-14-4-2-1-3-5-14/h1-5,15-16,21H,6-13H2. The van der Waals surface area contributed by atoms with Crippen molar-refractivity contribution in [3.05, 3.63) is 35.9 Å². The second-order valence-electron chi connectivity index (χ2n) is 6.46. The van der Waals surface area contributed by atoms with Crippen LogP contribution in [0, 0.1) is 5.92 Å². The third-order valence-corrected chi connectivity index (χ3v) is 4.69. The first kappa shape index (κ1) is 16.0. The van der Waals surface area contributed by atoms with E-state index in [1.54, 1.807) is 9.80 Å². The second-order valence-corrected chi connectivity index (χ2v) is 6.46. The molecule has 1 saturated heterocycles. The number of benzene rings is 1. The van der Waals surface area contributed by atoms with Gasteiger partial charge in [-0.1, -0.05) is 30.3 Å². The zero-order chi connectivity index (χ0) is 16.2. The van der Waals surface area contributed by atoms with Gasteiger partial charge in [0.2, 0.25) is 11.8 Å². The molecule has 3 rings (SSSR count). The van der Waals surface area contributed by atoms with Crippen molar-refractivity contribution in [2.45, 2.75) is 31.7 Å². The molecule has 1 aliphatic carbocycles. The molecule has 2 aliphatic rings. The number of likely N-dealkylation sites (tertiary alicyclic amines) is 1. The lowest BCUT2D eigenvalue weighted by molar-refractivity contribution is -0.136. The summed E-state index contributed by atoms with van der Waals surface area (Å²) in [6.07, 6.45) is 3.16. The number of amides is 2. The maximum absolute atomic E-state index is 12.6. The molecule has 1 aromatic rings. The second kappa shape index (κ2) is 7.13. The molecule has 1 saturated carbocycles. The van der Waals surface area contributed by atoms with Gasteiger partial charge < -0.3 is 14.9 Å². The third-order valence-electron chi connectivity index (χ3n) is 4.69. The van der Waals surface area contributed by atoms with E-state index in [0.717, 1.165) is 19.3 Å². The topological polar surface area (TPSA) is 60.9 Å². The molecule has 1 heterocycles. The Hall–Kier alpha value is -1.88. The molecule has 0 aromatic heterocycles. The van der Waals surface area contributed by atoms with Gasteiger partial charge in [-0.15, -0.1) is 0 Å². The van der Waals surface area contributed by atoms with Gasteiger partial charge in [0.15, 0.2) is 0 Å². The van der Waals surface area contributed by atoms with E-state index < -0.39 is 0 Å². The highest BCUT2D eigenvalue weighted by atomic mass is 16.3. The molecule has 1 unspecified atom stereocenters. The largest absolute Gasteiger partial charge is 0.395 e. The fraction of sp³-hybridized carbons (Fsp3) is 0.556. The summed E-state index contributed by atoms with van der Waals surface area (Å²) < 4.78 is 0. The summed E-state index contributed by atoms with van der Waals surface area (Å²) in [7, 11) is 0. The van der Waals surface area contributed by atoms with Crippen molar-refractivity contribution in [3.63, 3.8) is 0 Å². The van der Waals surface area contributed by atoms with Gasteiger partial charge in [0.05, 0.1) is 12.5 Å². The molecular weight excluding hydrogens is 292 g/mol. The van der Waals surface area contributed by atoms with E-state index in [2.05, 4.69) is 12.1 Å². The van der Waals surface area contributed by atoms with Crippen LogP contribution in [0.2, 0.25) is 0 Å². The minimum absolute atomic E-state index is 0.0133. The highest BCUT2D eigenvalue weighted by Crippen LogP contribution is 2.30. The van der Waals surface area contributed by atoms with Crippen molar-refractivity contribution >= 4 is 11.8 Å². The maximum atomic E-state index is 12.6. The molecule has 1 atom stereocenters. The lowest BCUT2D eigenvalue weighted by Crippen LogP contribution is -2.40. The zero-order valence-corrected chi connectivity index (χ0v) is 13.4. The van der Waals surface area contributed by atoms with Crippen LogP contribution in [0.1, 0.15) is 24.8 Å². The van der Waals surface area contributed by atoms with Gasteiger partial charge in [-0.25, -0.2) is 0 Å². The first-order valence-corrected chi connectivity index (χ1v) is 8.42. The summed E-state index contributed by atoms with van der Waals surface area (Å²) >= 11 is 0. The van der Waals surface area contributed by atoms with Crippen LogP contribution in [-0.2, 0) is 16.0 Å². The Labute approximate surface area is 136 Å². The molecule has 0 bridgehead atoms. The smallest absolute Gasteiger partial charge is 0.228 e. The highest BCUT2D eigenvalue weighted by molar-refractivity contribution is 5.89. The molecule has 0 radical (unpaired) electrons. The summed E-state index contributed by atoms with van der Waals surface area (Å²) in [4.78, 5) is 28.4. The number of aliphatic hydroxyl groups is 1. The van der Waals surface area contributed by atoms with Crippen LogP contribution in [-0.4, -0.2) is 59.0 Å². The molecule has 1 aliphatic heterocycles. The maximum Gasteiger partial charge on any atom is 0.228 e. The van der Waals surface area contributed by atoms with E-state index in [4.69, 9.17) is 5.11 Å². The first-order valence-electron chi connectivity index (χ1n) is 8.42. The van der Waals surface area contributed by atoms with Crippen molar-refractivity contribution < 1.29 is 14.7 Å². The van der Waals surface area contributed by atoms with Crippen LogP contribution < -0.4 is 0 Å². The fourth-order valence-electron chi connectivity index (χ4n) is 3.26. The van der Waals surface area contributed by atoms with E-state index >= 15 is 0 Å². The summed E-state index contributed by atoms with van der Waals surface area (Å²) in [5.74, 6) is -0.137. The van der Waals surface area contributed by atoms with Crippen molar-refractivity contribution in [2.24, 2.45) is 5.92 Å². The average molecular weight is 316 g/mol. The minimum Gasteiger partial charge on any atom is -0.395 e. The molecule has 124 valence electrons. The average Bonchev–Trinajstić information content (AvgIpc) is 3.34. The Balaban J connectivity index is 1.55. The van der Waals surface area contributed by atoms with Crippen LogP contribution >= 0.6 is 0 Å². The number of nitrogens with zero attached hydrogens (tertiary/aromatic N) is 2. The van der Waals surface area contributed by atoms with E-state index in [1.807, 2.05) is 18.2 Å². The van der Waals surface area contributed by atoms with Crippen molar-refractivity contribution in [1.82, 2.24) is 9.80 Å². The Morgan fingerprint density at radius 3 is 2.65 bits per heavy atom. The van der Waals surface area contributed by atoms with Crippen LogP contribution in [0.25, 0.3) is 0 Å². The molecule has 0 spiro atoms. The highest BCUT2D eigenvalue weighted by Gasteiger charge is 2.40. The molecule has 1 aromatic carbocycles. The van der Waals surface area contributed by atoms with Gasteiger partial charge in [-0.05, 0) is 24.8 Å². The number of hydrogen-bond acceptors (Lipinski definition) is 3. The number of aliphatic hydroxyl groups excluding tert-OH is 1. The van der Waals surface area contributed by atoms with E-state index in [-0.39, 0.29) is 30.4 Å². The lowest BCUT2D eigenvalue weighted by atomic mass is 10.1. The number of carbonyl (C=O) groups excluding carboxylic acids is 2. The normalized spacial score (nSPS) is 20.8. The Morgan fingerprint density at radius 2 is 2.00 bits per heavy atom. The summed E-state index contributed by atoms with van der Waals surface area (Å²) in [5, 5.41) is 9.15. The SMILES string of the molecule is O=C1CC(C(=O)N(CCO)C2CC2)CN1CCc1ccccc1. The van der Waals surface area contributed by atoms with Gasteiger partial charge in [0, 0.05) is 32.1 Å². The number of rotatable bonds is 7. The Morgan fingerprint density at radius 1 is 1.26 bits per heavy atom. The predicted octanol–water partition coefficient (Wildman–Crippen LogP) is 1.06.